The number of piperidine rings is 1. The van der Waals surface area contributed by atoms with Crippen LogP contribution in [0.2, 0.25) is 0 Å². The number of hydrogen-bond donors (Lipinski definition) is 1. The summed E-state index contributed by atoms with van der Waals surface area (Å²) in [5, 5.41) is 5.75. The molecule has 1 atom stereocenters. The van der Waals surface area contributed by atoms with Crippen LogP contribution in [0.1, 0.15) is 12.8 Å². The Morgan fingerprint density at radius 2 is 2.04 bits per heavy atom. The van der Waals surface area contributed by atoms with Gasteiger partial charge < -0.3 is 15.0 Å². The van der Waals surface area contributed by atoms with Crippen molar-refractivity contribution >= 4 is 27.4 Å². The van der Waals surface area contributed by atoms with E-state index in [4.69, 9.17) is 4.74 Å². The number of morpholine rings is 1. The van der Waals surface area contributed by atoms with E-state index < -0.39 is 0 Å². The maximum Gasteiger partial charge on any atom is 0.147 e. The zero-order valence-electron chi connectivity index (χ0n) is 14.0. The van der Waals surface area contributed by atoms with Crippen LogP contribution in [0.15, 0.2) is 17.8 Å². The summed E-state index contributed by atoms with van der Waals surface area (Å²) >= 11 is 1.71. The van der Waals surface area contributed by atoms with Gasteiger partial charge in [-0.05, 0) is 30.8 Å². The van der Waals surface area contributed by atoms with Gasteiger partial charge in [0.1, 0.15) is 12.1 Å². The van der Waals surface area contributed by atoms with Crippen molar-refractivity contribution in [3.63, 3.8) is 0 Å². The van der Waals surface area contributed by atoms with Gasteiger partial charge in [0.2, 0.25) is 0 Å². The highest BCUT2D eigenvalue weighted by molar-refractivity contribution is 7.17. The fourth-order valence-corrected chi connectivity index (χ4v) is 4.37. The van der Waals surface area contributed by atoms with Crippen molar-refractivity contribution in [3.05, 3.63) is 17.8 Å². The summed E-state index contributed by atoms with van der Waals surface area (Å²) in [6.45, 7) is 8.53. The lowest BCUT2D eigenvalue weighted by Crippen LogP contribution is -2.46. The van der Waals surface area contributed by atoms with Crippen LogP contribution in [0.4, 0.5) is 5.82 Å². The monoisotopic (exact) mass is 347 g/mol. The molecule has 0 bridgehead atoms. The first-order valence-corrected chi connectivity index (χ1v) is 9.73. The number of rotatable bonds is 5. The third kappa shape index (κ3) is 3.85. The van der Waals surface area contributed by atoms with Gasteiger partial charge in [-0.25, -0.2) is 9.97 Å². The quantitative estimate of drug-likeness (QED) is 0.892. The number of nitrogens with zero attached hydrogens (tertiary/aromatic N) is 4. The second-order valence-electron chi connectivity index (χ2n) is 6.60. The van der Waals surface area contributed by atoms with E-state index in [1.54, 1.807) is 17.7 Å². The Balaban J connectivity index is 1.32. The molecule has 24 heavy (non-hydrogen) atoms. The highest BCUT2D eigenvalue weighted by Crippen LogP contribution is 2.26. The van der Waals surface area contributed by atoms with Crippen molar-refractivity contribution in [2.75, 3.05) is 57.8 Å². The summed E-state index contributed by atoms with van der Waals surface area (Å²) in [6.07, 6.45) is 4.13. The van der Waals surface area contributed by atoms with Crippen molar-refractivity contribution in [1.82, 2.24) is 19.8 Å². The molecule has 4 rings (SSSR count). The molecule has 2 saturated heterocycles. The van der Waals surface area contributed by atoms with Gasteiger partial charge in [0.15, 0.2) is 0 Å². The predicted octanol–water partition coefficient (Wildman–Crippen LogP) is 1.90. The van der Waals surface area contributed by atoms with Crippen LogP contribution in [0, 0.1) is 0 Å². The highest BCUT2D eigenvalue weighted by Gasteiger charge is 2.21. The fourth-order valence-electron chi connectivity index (χ4n) is 3.57. The summed E-state index contributed by atoms with van der Waals surface area (Å²) < 4.78 is 6.60. The first kappa shape index (κ1) is 16.2. The number of hydrogen-bond acceptors (Lipinski definition) is 7. The number of aromatic nitrogens is 2. The second kappa shape index (κ2) is 7.74. The molecule has 2 aromatic heterocycles. The van der Waals surface area contributed by atoms with Gasteiger partial charge in [0.25, 0.3) is 0 Å². The lowest BCUT2D eigenvalue weighted by Gasteiger charge is -2.35. The Morgan fingerprint density at radius 3 is 2.96 bits per heavy atom. The number of fused-ring (bicyclic) bond motifs is 1. The topological polar surface area (TPSA) is 53.5 Å². The summed E-state index contributed by atoms with van der Waals surface area (Å²) in [4.78, 5) is 13.9. The average Bonchev–Trinajstić information content (AvgIpc) is 3.11. The lowest BCUT2D eigenvalue weighted by atomic mass is 10.1. The second-order valence-corrected chi connectivity index (χ2v) is 7.51. The molecule has 0 saturated carbocycles. The van der Waals surface area contributed by atoms with Crippen molar-refractivity contribution in [1.29, 1.82) is 0 Å². The number of nitrogens with one attached hydrogen (secondary N) is 1. The van der Waals surface area contributed by atoms with Crippen molar-refractivity contribution in [3.8, 4) is 0 Å². The van der Waals surface area contributed by atoms with Crippen LogP contribution >= 0.6 is 11.3 Å². The molecule has 2 aliphatic heterocycles. The maximum absolute atomic E-state index is 5.43. The van der Waals surface area contributed by atoms with E-state index in [1.807, 2.05) is 0 Å². The molecule has 0 aliphatic carbocycles. The summed E-state index contributed by atoms with van der Waals surface area (Å²) in [6, 6.07) is 2.53. The standard InChI is InChI=1S/C17H25N5OS/c1-2-14(20-17-16-15(3-11-24-16)18-13-19-17)12-22(4-1)6-5-21-7-9-23-10-8-21/h3,11,13-14H,1-2,4-10,12H2,(H,18,19,20). The van der Waals surface area contributed by atoms with E-state index in [9.17, 15) is 0 Å². The van der Waals surface area contributed by atoms with E-state index in [2.05, 4.69) is 36.5 Å². The molecule has 130 valence electrons. The predicted molar refractivity (Wildman–Crippen MR) is 97.8 cm³/mol. The van der Waals surface area contributed by atoms with Gasteiger partial charge in [-0.1, -0.05) is 0 Å². The molecule has 6 nitrogen and oxygen atoms in total. The van der Waals surface area contributed by atoms with Gasteiger partial charge in [0.05, 0.1) is 23.4 Å². The largest absolute Gasteiger partial charge is 0.379 e. The Morgan fingerprint density at radius 1 is 1.17 bits per heavy atom. The van der Waals surface area contributed by atoms with Gasteiger partial charge in [-0.2, -0.15) is 0 Å². The first-order chi connectivity index (χ1) is 11.9. The molecule has 2 aromatic rings. The molecular formula is C17H25N5OS. The first-order valence-electron chi connectivity index (χ1n) is 8.86. The molecular weight excluding hydrogens is 322 g/mol. The zero-order chi connectivity index (χ0) is 16.2. The normalized spacial score (nSPS) is 23.6. The van der Waals surface area contributed by atoms with Gasteiger partial charge >= 0.3 is 0 Å². The zero-order valence-corrected chi connectivity index (χ0v) is 14.8. The number of thiophene rings is 1. The Kier molecular flexibility index (Phi) is 5.22. The Hall–Kier alpha value is -1.28. The Bertz CT molecular complexity index is 657. The molecule has 0 aromatic carbocycles. The van der Waals surface area contributed by atoms with Crippen LogP contribution in [0.3, 0.4) is 0 Å². The van der Waals surface area contributed by atoms with Crippen LogP contribution in [0.25, 0.3) is 10.2 Å². The molecule has 2 aliphatic rings. The third-order valence-electron chi connectivity index (χ3n) is 4.93. The van der Waals surface area contributed by atoms with E-state index in [0.29, 0.717) is 6.04 Å². The minimum absolute atomic E-state index is 0.476. The van der Waals surface area contributed by atoms with Gasteiger partial charge in [0, 0.05) is 38.8 Å². The molecule has 7 heteroatoms. The summed E-state index contributed by atoms with van der Waals surface area (Å²) in [5.41, 5.74) is 1.04. The van der Waals surface area contributed by atoms with Gasteiger partial charge in [-0.3, -0.25) is 4.90 Å². The maximum atomic E-state index is 5.43. The van der Waals surface area contributed by atoms with Crippen LogP contribution < -0.4 is 5.32 Å². The smallest absolute Gasteiger partial charge is 0.147 e. The number of ether oxygens (including phenoxy) is 1. The fraction of sp³-hybridized carbons (Fsp3) is 0.647. The van der Waals surface area contributed by atoms with E-state index >= 15 is 0 Å². The van der Waals surface area contributed by atoms with Crippen molar-refractivity contribution < 1.29 is 4.74 Å². The molecule has 4 heterocycles. The van der Waals surface area contributed by atoms with Crippen molar-refractivity contribution in [2.24, 2.45) is 0 Å². The number of anilines is 1. The molecule has 1 unspecified atom stereocenters. The molecule has 0 radical (unpaired) electrons. The minimum Gasteiger partial charge on any atom is -0.379 e. The average molecular weight is 347 g/mol. The number of likely N-dealkylation sites (tertiary alicyclic amines) is 1. The minimum atomic E-state index is 0.476. The molecule has 1 N–H and O–H groups in total. The van der Waals surface area contributed by atoms with Crippen molar-refractivity contribution in [2.45, 2.75) is 18.9 Å². The van der Waals surface area contributed by atoms with Crippen LogP contribution in [-0.2, 0) is 4.74 Å². The summed E-state index contributed by atoms with van der Waals surface area (Å²) in [7, 11) is 0. The Labute approximate surface area is 146 Å². The molecule has 0 amide bonds. The van der Waals surface area contributed by atoms with Gasteiger partial charge in [-0.15, -0.1) is 11.3 Å². The lowest BCUT2D eigenvalue weighted by molar-refractivity contribution is 0.0321. The van der Waals surface area contributed by atoms with E-state index in [0.717, 1.165) is 57.3 Å². The third-order valence-corrected chi connectivity index (χ3v) is 5.84. The van der Waals surface area contributed by atoms with Crippen LogP contribution in [0.5, 0.6) is 0 Å². The molecule has 2 fully saturated rings. The highest BCUT2D eigenvalue weighted by atomic mass is 32.1. The summed E-state index contributed by atoms with van der Waals surface area (Å²) in [5.74, 6) is 0.995. The van der Waals surface area contributed by atoms with E-state index in [-0.39, 0.29) is 0 Å². The SMILES string of the molecule is c1nc(NC2CCCN(CCN3CCOCC3)C2)c2sccc2n1. The molecule has 0 spiro atoms. The van der Waals surface area contributed by atoms with E-state index in [1.165, 1.54) is 24.1 Å². The van der Waals surface area contributed by atoms with Crippen LogP contribution in [-0.4, -0.2) is 78.3 Å².